The van der Waals surface area contributed by atoms with Gasteiger partial charge in [0.1, 0.15) is 33.6 Å². The smallest absolute Gasteiger partial charge is 0.119 e. The number of hydrogen-bond donors (Lipinski definition) is 0. The number of ether oxygens (including phenoxy) is 2. The Balaban J connectivity index is 1.17. The molecule has 0 aliphatic heterocycles. The lowest BCUT2D eigenvalue weighted by Crippen LogP contribution is -2.12. The van der Waals surface area contributed by atoms with Gasteiger partial charge < -0.3 is 9.47 Å². The summed E-state index contributed by atoms with van der Waals surface area (Å²) in [6.45, 7) is 10.7. The van der Waals surface area contributed by atoms with Crippen LogP contribution >= 0.6 is 66.3 Å². The van der Waals surface area contributed by atoms with Crippen LogP contribution in [-0.4, -0.2) is 31.9 Å². The number of hydrogen-bond acceptors (Lipinski definition) is 9. The summed E-state index contributed by atoms with van der Waals surface area (Å²) in [6, 6.07) is 25.9. The largest absolute Gasteiger partial charge is 0.493 e. The molecule has 0 spiro atoms. The van der Waals surface area contributed by atoms with Crippen LogP contribution in [0.15, 0.2) is 80.4 Å². The number of unbranched alkanes of at least 4 members (excludes halogenated alkanes) is 24. The number of benzene rings is 3. The quantitative estimate of drug-likeness (QED) is 0.0355. The van der Waals surface area contributed by atoms with E-state index >= 15 is 0 Å². The maximum Gasteiger partial charge on any atom is 0.119 e. The van der Waals surface area contributed by atoms with E-state index in [4.69, 9.17) is 28.2 Å². The van der Waals surface area contributed by atoms with Gasteiger partial charge in [0.15, 0.2) is 0 Å². The first-order valence-corrected chi connectivity index (χ1v) is 35.3. The van der Waals surface area contributed by atoms with Crippen LogP contribution in [0.5, 0.6) is 11.5 Å². The second kappa shape index (κ2) is 36.4. The summed E-state index contributed by atoms with van der Waals surface area (Å²) in [4.78, 5) is 13.6. The highest BCUT2D eigenvalue weighted by Crippen LogP contribution is 2.48. The fourth-order valence-corrected chi connectivity index (χ4v) is 14.7. The summed E-state index contributed by atoms with van der Waals surface area (Å²) in [5.41, 5.74) is 8.91. The van der Waals surface area contributed by atoms with Crippen LogP contribution in [0.3, 0.4) is 0 Å². The van der Waals surface area contributed by atoms with Gasteiger partial charge in [-0.3, -0.25) is 0 Å². The summed E-state index contributed by atoms with van der Waals surface area (Å²) in [5.74, 6) is 2.96. The van der Waals surface area contributed by atoms with E-state index in [2.05, 4.69) is 132 Å². The zero-order chi connectivity index (χ0) is 55.3. The van der Waals surface area contributed by atoms with Crippen molar-refractivity contribution in [2.75, 3.05) is 13.2 Å². The highest BCUT2D eigenvalue weighted by Gasteiger charge is 2.27. The predicted octanol–water partition coefficient (Wildman–Crippen LogP) is 24.5. The van der Waals surface area contributed by atoms with Gasteiger partial charge in [0.05, 0.1) is 43.9 Å². The van der Waals surface area contributed by atoms with Crippen LogP contribution in [-0.2, 0) is 0 Å². The summed E-state index contributed by atoms with van der Waals surface area (Å²) < 4.78 is 25.5. The number of thiophene rings is 2. The van der Waals surface area contributed by atoms with Gasteiger partial charge in [0.25, 0.3) is 0 Å². The maximum absolute atomic E-state index is 6.72. The van der Waals surface area contributed by atoms with Crippen molar-refractivity contribution in [3.8, 4) is 54.9 Å². The normalized spacial score (nSPS) is 12.5. The van der Waals surface area contributed by atoms with Gasteiger partial charge in [-0.05, 0) is 142 Å². The van der Waals surface area contributed by atoms with Gasteiger partial charge in [0, 0.05) is 32.0 Å². The zero-order valence-electron chi connectivity index (χ0n) is 48.7. The van der Waals surface area contributed by atoms with E-state index < -0.39 is 0 Å². The molecular formula is C68H94Br2N4O2S3. The lowest BCUT2D eigenvalue weighted by atomic mass is 9.94. The van der Waals surface area contributed by atoms with Crippen LogP contribution < -0.4 is 9.47 Å². The number of nitrogens with zero attached hydrogens (tertiary/aromatic N) is 4. The van der Waals surface area contributed by atoms with E-state index in [1.54, 1.807) is 22.7 Å². The topological polar surface area (TPSA) is 70.0 Å². The van der Waals surface area contributed by atoms with Crippen molar-refractivity contribution in [3.05, 3.63) is 80.4 Å². The second-order valence-electron chi connectivity index (χ2n) is 22.6. The van der Waals surface area contributed by atoms with E-state index in [1.165, 1.54) is 217 Å². The first-order valence-electron chi connectivity index (χ1n) is 31.4. The van der Waals surface area contributed by atoms with Crippen LogP contribution in [0.1, 0.15) is 233 Å². The summed E-state index contributed by atoms with van der Waals surface area (Å²) in [5, 5.41) is 0. The Hall–Kier alpha value is -3.22. The Morgan fingerprint density at radius 3 is 0.962 bits per heavy atom. The molecule has 11 heteroatoms. The van der Waals surface area contributed by atoms with E-state index in [-0.39, 0.29) is 0 Å². The molecule has 7 aromatic rings. The molecule has 0 saturated carbocycles. The fraction of sp³-hybridized carbons (Fsp3) is 0.588. The minimum Gasteiger partial charge on any atom is -0.493 e. The lowest BCUT2D eigenvalue weighted by molar-refractivity contribution is 0.224. The van der Waals surface area contributed by atoms with Crippen molar-refractivity contribution in [1.29, 1.82) is 0 Å². The molecule has 4 aromatic heterocycles. The van der Waals surface area contributed by atoms with Crippen LogP contribution in [0.25, 0.3) is 65.5 Å². The Bertz CT molecular complexity index is 2580. The van der Waals surface area contributed by atoms with Crippen LogP contribution in [0.2, 0.25) is 0 Å². The number of rotatable bonds is 42. The third-order valence-electron chi connectivity index (χ3n) is 16.1. The average Bonchev–Trinajstić information content (AvgIpc) is 4.32. The minimum atomic E-state index is 0.572. The van der Waals surface area contributed by atoms with E-state index in [0.29, 0.717) is 11.8 Å². The molecule has 0 amide bonds. The fourth-order valence-electron chi connectivity index (χ4n) is 11.3. The summed E-state index contributed by atoms with van der Waals surface area (Å²) >= 11 is 12.2. The summed E-state index contributed by atoms with van der Waals surface area (Å²) in [6.07, 6.45) is 42.6. The molecule has 4 heterocycles. The molecule has 79 heavy (non-hydrogen) atoms. The monoisotopic (exact) mass is 1250 g/mol. The second-order valence-corrected chi connectivity index (χ2v) is 28.0. The highest BCUT2D eigenvalue weighted by molar-refractivity contribution is 9.11. The average molecular weight is 1260 g/mol. The van der Waals surface area contributed by atoms with Crippen LogP contribution in [0, 0.1) is 11.8 Å². The third kappa shape index (κ3) is 20.6. The molecule has 0 fully saturated rings. The van der Waals surface area contributed by atoms with Gasteiger partial charge in [-0.25, -0.2) is 9.97 Å². The van der Waals surface area contributed by atoms with E-state index in [9.17, 15) is 0 Å². The number of fused-ring (bicyclic) bond motifs is 2. The Labute approximate surface area is 506 Å². The molecular weight excluding hydrogens is 1160 g/mol. The predicted molar refractivity (Wildman–Crippen MR) is 352 cm³/mol. The first kappa shape index (κ1) is 63.4. The molecule has 0 bridgehead atoms. The van der Waals surface area contributed by atoms with Gasteiger partial charge >= 0.3 is 0 Å². The molecule has 0 radical (unpaired) electrons. The molecule has 7 rings (SSSR count). The Morgan fingerprint density at radius 1 is 0.367 bits per heavy atom. The van der Waals surface area contributed by atoms with Crippen molar-refractivity contribution in [1.82, 2.24) is 18.7 Å². The SMILES string of the molecule is CCCCCCCCCCC(CCCCCCCC)COc1ccc(-c2nc3c(-c4ccc(Br)s4)c4nsnc4c(-c4ccc(Br)s4)c3nc2-c2ccc(OCC(CCCCCCCC)CCCCCCCCCC)cc2)cc1. The Kier molecular flexibility index (Phi) is 29.2. The first-order chi connectivity index (χ1) is 38.9. The zero-order valence-corrected chi connectivity index (χ0v) is 54.3. The Morgan fingerprint density at radius 2 is 0.671 bits per heavy atom. The molecule has 0 saturated heterocycles. The number of aromatic nitrogens is 4. The van der Waals surface area contributed by atoms with Crippen molar-refractivity contribution < 1.29 is 9.47 Å². The molecule has 2 atom stereocenters. The molecule has 0 aliphatic carbocycles. The third-order valence-corrected chi connectivity index (χ3v) is 19.9. The molecule has 2 unspecified atom stereocenters. The maximum atomic E-state index is 6.72. The molecule has 0 N–H and O–H groups in total. The van der Waals surface area contributed by atoms with Crippen molar-refractivity contribution in [2.45, 2.75) is 233 Å². The molecule has 0 aliphatic rings. The molecule has 430 valence electrons. The van der Waals surface area contributed by atoms with Gasteiger partial charge in [-0.15, -0.1) is 22.7 Å². The van der Waals surface area contributed by atoms with Crippen molar-refractivity contribution in [2.24, 2.45) is 11.8 Å². The van der Waals surface area contributed by atoms with Crippen molar-refractivity contribution >= 4 is 88.3 Å². The summed E-state index contributed by atoms with van der Waals surface area (Å²) in [7, 11) is 0. The minimum absolute atomic E-state index is 0.572. The molecule has 3 aromatic carbocycles. The van der Waals surface area contributed by atoms with Crippen molar-refractivity contribution in [3.63, 3.8) is 0 Å². The highest BCUT2D eigenvalue weighted by atomic mass is 79.9. The standard InChI is InChI=1S/C68H94Br2N4O2S3/c1-5-9-13-17-21-23-27-31-35-51(33-29-25-19-15-11-7-3)49-75-55-41-37-53(38-42-55)63-64(54-39-43-56(44-40-54)76-50-52(34-30-26-20-16-12-8-4)36-32-28-24-22-18-14-10-6-2)72-66-62(58-46-48-60(70)78-58)68-67(73-79-74-68)61(65(66)71-63)57-45-47-59(69)77-57/h37-48,51-52H,5-36,49-50H2,1-4H3. The molecule has 6 nitrogen and oxygen atoms in total. The van der Waals surface area contributed by atoms with Gasteiger partial charge in [-0.2, -0.15) is 8.75 Å². The van der Waals surface area contributed by atoms with Gasteiger partial charge in [-0.1, -0.05) is 207 Å². The van der Waals surface area contributed by atoms with E-state index in [1.807, 2.05) is 0 Å². The number of halogens is 2. The van der Waals surface area contributed by atoms with E-state index in [0.717, 1.165) is 97.7 Å². The van der Waals surface area contributed by atoms with Crippen LogP contribution in [0.4, 0.5) is 0 Å². The van der Waals surface area contributed by atoms with Gasteiger partial charge in [0.2, 0.25) is 0 Å². The lowest BCUT2D eigenvalue weighted by Gasteiger charge is -2.19.